The minimum Gasteiger partial charge on any atom is -0.378 e. The number of amides is 4. The van der Waals surface area contributed by atoms with E-state index in [0.29, 0.717) is 52.0 Å². The number of carbonyl (C=O) groups excluding carboxylic acids is 4. The van der Waals surface area contributed by atoms with Gasteiger partial charge in [0.05, 0.1) is 24.9 Å². The largest absolute Gasteiger partial charge is 0.378 e. The molecule has 3 aliphatic rings. The summed E-state index contributed by atoms with van der Waals surface area (Å²) in [6, 6.07) is -1.22. The van der Waals surface area contributed by atoms with Gasteiger partial charge in [0.1, 0.15) is 5.54 Å². The van der Waals surface area contributed by atoms with Crippen LogP contribution >= 0.6 is 0 Å². The molecule has 2 aliphatic carbocycles. The maximum atomic E-state index is 13.7. The van der Waals surface area contributed by atoms with Gasteiger partial charge in [-0.25, -0.2) is 4.79 Å². The summed E-state index contributed by atoms with van der Waals surface area (Å²) in [4.78, 5) is 54.5. The minimum absolute atomic E-state index is 0.280. The molecule has 1 atom stereocenters. The molecule has 0 spiro atoms. The van der Waals surface area contributed by atoms with Crippen molar-refractivity contribution in [1.82, 2.24) is 20.9 Å². The molecule has 3 N–H and O–H groups in total. The van der Waals surface area contributed by atoms with E-state index in [-0.39, 0.29) is 18.5 Å². The van der Waals surface area contributed by atoms with Crippen molar-refractivity contribution in [2.24, 2.45) is 0 Å². The molecule has 0 aromatic carbocycles. The van der Waals surface area contributed by atoms with E-state index in [9.17, 15) is 19.2 Å². The Labute approximate surface area is 220 Å². The molecule has 0 aromatic heterocycles. The summed E-state index contributed by atoms with van der Waals surface area (Å²) >= 11 is 0. The quantitative estimate of drug-likeness (QED) is 0.358. The molecular formula is C27H46N4O6. The lowest BCUT2D eigenvalue weighted by molar-refractivity contribution is -0.142. The highest BCUT2D eigenvalue weighted by atomic mass is 16.5. The van der Waals surface area contributed by atoms with Gasteiger partial charge < -0.3 is 30.3 Å². The molecule has 210 valence electrons. The summed E-state index contributed by atoms with van der Waals surface area (Å²) in [6.45, 7) is 4.18. The van der Waals surface area contributed by atoms with E-state index in [1.54, 1.807) is 12.0 Å². The lowest BCUT2D eigenvalue weighted by atomic mass is 9.80. The monoisotopic (exact) mass is 522 g/mol. The van der Waals surface area contributed by atoms with Crippen LogP contribution in [0.5, 0.6) is 0 Å². The number of rotatable bonds is 11. The smallest absolute Gasteiger partial charge is 0.318 e. The van der Waals surface area contributed by atoms with Crippen molar-refractivity contribution in [1.29, 1.82) is 0 Å². The van der Waals surface area contributed by atoms with Crippen LogP contribution in [-0.2, 0) is 23.9 Å². The lowest BCUT2D eigenvalue weighted by Crippen LogP contribution is -2.64. The van der Waals surface area contributed by atoms with Crippen LogP contribution in [0.2, 0.25) is 0 Å². The van der Waals surface area contributed by atoms with Crippen LogP contribution in [0, 0.1) is 0 Å². The Morgan fingerprint density at radius 3 is 2.16 bits per heavy atom. The Morgan fingerprint density at radius 1 is 0.946 bits per heavy atom. The Hall–Kier alpha value is -2.20. The highest BCUT2D eigenvalue weighted by Crippen LogP contribution is 2.31. The summed E-state index contributed by atoms with van der Waals surface area (Å²) in [7, 11) is 1.65. The Morgan fingerprint density at radius 2 is 1.57 bits per heavy atom. The van der Waals surface area contributed by atoms with Gasteiger partial charge in [-0.05, 0) is 32.1 Å². The molecule has 0 radical (unpaired) electrons. The molecule has 1 saturated heterocycles. The van der Waals surface area contributed by atoms with Crippen LogP contribution in [0.4, 0.5) is 4.79 Å². The predicted octanol–water partition coefficient (Wildman–Crippen LogP) is 2.44. The SMILES string of the molecule is CCCC[C@H](NC(=O)C1(NC(=O)N2CCOCC2)CCCCC1)C(=O)C(=O)NCC1(OC)CCCCC1. The summed E-state index contributed by atoms with van der Waals surface area (Å²) in [5, 5.41) is 8.66. The molecule has 1 aliphatic heterocycles. The topological polar surface area (TPSA) is 126 Å². The Bertz CT molecular complexity index is 786. The number of unbranched alkanes of at least 4 members (excludes halogenated alkanes) is 1. The number of nitrogens with one attached hydrogen (secondary N) is 3. The van der Waals surface area contributed by atoms with E-state index in [1.165, 1.54) is 0 Å². The number of morpholine rings is 1. The second-order valence-electron chi connectivity index (χ2n) is 10.8. The van der Waals surface area contributed by atoms with Gasteiger partial charge in [0.2, 0.25) is 11.7 Å². The maximum Gasteiger partial charge on any atom is 0.318 e. The second kappa shape index (κ2) is 14.1. The van der Waals surface area contributed by atoms with Gasteiger partial charge >= 0.3 is 6.03 Å². The predicted molar refractivity (Wildman–Crippen MR) is 139 cm³/mol. The fraction of sp³-hybridized carbons (Fsp3) is 0.852. The highest BCUT2D eigenvalue weighted by Gasteiger charge is 2.44. The van der Waals surface area contributed by atoms with Gasteiger partial charge in [-0.1, -0.05) is 58.3 Å². The second-order valence-corrected chi connectivity index (χ2v) is 10.8. The minimum atomic E-state index is -1.09. The molecular weight excluding hydrogens is 476 g/mol. The molecule has 10 nitrogen and oxygen atoms in total. The van der Waals surface area contributed by atoms with Gasteiger partial charge in [-0.2, -0.15) is 0 Å². The standard InChI is InChI=1S/C27H46N4O6/c1-3-4-11-21(22(32)23(33)28-20-26(36-2)12-7-5-8-13-26)29-24(34)27(14-9-6-10-15-27)30-25(35)31-16-18-37-19-17-31/h21H,3-20H2,1-2H3,(H,28,33)(H,29,34)(H,30,35)/t21-/m0/s1. The van der Waals surface area contributed by atoms with Crippen LogP contribution in [0.15, 0.2) is 0 Å². The molecule has 3 rings (SSSR count). The van der Waals surface area contributed by atoms with Crippen LogP contribution in [-0.4, -0.2) is 85.7 Å². The first-order chi connectivity index (χ1) is 17.8. The van der Waals surface area contributed by atoms with E-state index in [1.807, 2.05) is 6.92 Å². The lowest BCUT2D eigenvalue weighted by Gasteiger charge is -2.39. The summed E-state index contributed by atoms with van der Waals surface area (Å²) in [5.74, 6) is -1.72. The molecule has 3 fully saturated rings. The van der Waals surface area contributed by atoms with Crippen molar-refractivity contribution in [2.45, 2.75) is 108 Å². The zero-order valence-corrected chi connectivity index (χ0v) is 22.7. The average Bonchev–Trinajstić information content (AvgIpc) is 2.94. The van der Waals surface area contributed by atoms with Gasteiger partial charge in [-0.3, -0.25) is 14.4 Å². The van der Waals surface area contributed by atoms with Gasteiger partial charge in [0.15, 0.2) is 0 Å². The third-order valence-electron chi connectivity index (χ3n) is 8.25. The Kier molecular flexibility index (Phi) is 11.2. The van der Waals surface area contributed by atoms with E-state index in [4.69, 9.17) is 9.47 Å². The highest BCUT2D eigenvalue weighted by molar-refractivity contribution is 6.38. The van der Waals surface area contributed by atoms with Gasteiger partial charge in [0.25, 0.3) is 5.91 Å². The normalized spacial score (nSPS) is 21.9. The van der Waals surface area contributed by atoms with Crippen molar-refractivity contribution in [2.75, 3.05) is 40.0 Å². The first-order valence-corrected chi connectivity index (χ1v) is 14.2. The molecule has 4 amide bonds. The average molecular weight is 523 g/mol. The molecule has 2 saturated carbocycles. The molecule has 0 aromatic rings. The number of methoxy groups -OCH3 is 1. The fourth-order valence-corrected chi connectivity index (χ4v) is 5.72. The van der Waals surface area contributed by atoms with Gasteiger partial charge in [-0.15, -0.1) is 0 Å². The van der Waals surface area contributed by atoms with E-state index in [2.05, 4.69) is 16.0 Å². The van der Waals surface area contributed by atoms with Crippen LogP contribution in [0.3, 0.4) is 0 Å². The number of ether oxygens (including phenoxy) is 2. The molecule has 10 heteroatoms. The summed E-state index contributed by atoms with van der Waals surface area (Å²) in [6.07, 6.45) is 10.4. The maximum absolute atomic E-state index is 13.7. The first kappa shape index (κ1) is 29.4. The van der Waals surface area contributed by atoms with Crippen molar-refractivity contribution in [3.05, 3.63) is 0 Å². The van der Waals surface area contributed by atoms with Crippen LogP contribution < -0.4 is 16.0 Å². The number of ketones is 1. The van der Waals surface area contributed by atoms with Gasteiger partial charge in [0, 0.05) is 26.7 Å². The first-order valence-electron chi connectivity index (χ1n) is 14.2. The van der Waals surface area contributed by atoms with E-state index >= 15 is 0 Å². The molecule has 37 heavy (non-hydrogen) atoms. The summed E-state index contributed by atoms with van der Waals surface area (Å²) < 4.78 is 11.1. The zero-order valence-electron chi connectivity index (χ0n) is 22.7. The zero-order chi connectivity index (χ0) is 26.7. The molecule has 1 heterocycles. The van der Waals surface area contributed by atoms with Crippen LogP contribution in [0.25, 0.3) is 0 Å². The van der Waals surface area contributed by atoms with Crippen molar-refractivity contribution in [3.8, 4) is 0 Å². The number of urea groups is 1. The number of nitrogens with zero attached hydrogens (tertiary/aromatic N) is 1. The number of hydrogen-bond donors (Lipinski definition) is 3. The number of carbonyl (C=O) groups is 4. The van der Waals surface area contributed by atoms with Crippen LogP contribution in [0.1, 0.15) is 90.4 Å². The number of hydrogen-bond acceptors (Lipinski definition) is 6. The van der Waals surface area contributed by atoms with Crippen molar-refractivity contribution in [3.63, 3.8) is 0 Å². The summed E-state index contributed by atoms with van der Waals surface area (Å²) in [5.41, 5.74) is -1.52. The van der Waals surface area contributed by atoms with E-state index in [0.717, 1.165) is 57.8 Å². The van der Waals surface area contributed by atoms with Crippen molar-refractivity contribution >= 4 is 23.6 Å². The number of Topliss-reactive ketones (excluding diaryl/α,β-unsaturated/α-hetero) is 1. The molecule has 0 bridgehead atoms. The van der Waals surface area contributed by atoms with Crippen molar-refractivity contribution < 1.29 is 28.7 Å². The third kappa shape index (κ3) is 7.89. The molecule has 0 unspecified atom stereocenters. The van der Waals surface area contributed by atoms with E-state index < -0.39 is 28.9 Å². The third-order valence-corrected chi connectivity index (χ3v) is 8.25. The fourth-order valence-electron chi connectivity index (χ4n) is 5.72. The Balaban J connectivity index is 1.67.